The summed E-state index contributed by atoms with van der Waals surface area (Å²) < 4.78 is 1.01. The van der Waals surface area contributed by atoms with Gasteiger partial charge in [0, 0.05) is 10.2 Å². The first-order chi connectivity index (χ1) is 9.47. The van der Waals surface area contributed by atoms with E-state index in [4.69, 9.17) is 0 Å². The van der Waals surface area contributed by atoms with E-state index in [9.17, 15) is 4.79 Å². The minimum atomic E-state index is -0.255. The van der Waals surface area contributed by atoms with Gasteiger partial charge in [0.15, 0.2) is 5.69 Å². The van der Waals surface area contributed by atoms with E-state index in [0.29, 0.717) is 11.6 Å². The number of halogens is 1. The van der Waals surface area contributed by atoms with Gasteiger partial charge in [0.1, 0.15) is 0 Å². The Balaban J connectivity index is 2.13. The first-order valence-electron chi connectivity index (χ1n) is 6.38. The fourth-order valence-corrected chi connectivity index (χ4v) is 1.94. The molecular weight excluding hydrogens is 318 g/mol. The zero-order valence-corrected chi connectivity index (χ0v) is 13.2. The SMILES string of the molecule is Cc1cc(NC(=O)c2ccc(C(C)C)nn2)ccc1Br. The number of aromatic nitrogens is 2. The molecule has 2 rings (SSSR count). The molecule has 5 heteroatoms. The normalized spacial score (nSPS) is 10.7. The van der Waals surface area contributed by atoms with Crippen molar-refractivity contribution in [2.24, 2.45) is 0 Å². The molecule has 104 valence electrons. The Morgan fingerprint density at radius 3 is 2.50 bits per heavy atom. The Morgan fingerprint density at radius 2 is 1.95 bits per heavy atom. The van der Waals surface area contributed by atoms with Crippen LogP contribution < -0.4 is 5.32 Å². The van der Waals surface area contributed by atoms with Crippen LogP contribution in [0.4, 0.5) is 5.69 Å². The molecular formula is C15H16BrN3O. The molecule has 0 unspecified atom stereocenters. The van der Waals surface area contributed by atoms with Crippen molar-refractivity contribution in [1.29, 1.82) is 0 Å². The summed E-state index contributed by atoms with van der Waals surface area (Å²) in [6.45, 7) is 6.04. The van der Waals surface area contributed by atoms with Crippen LogP contribution in [0.2, 0.25) is 0 Å². The third-order valence-electron chi connectivity index (χ3n) is 2.93. The number of rotatable bonds is 3. The lowest BCUT2D eigenvalue weighted by Gasteiger charge is -2.07. The number of carbonyl (C=O) groups excluding carboxylic acids is 1. The van der Waals surface area contributed by atoms with E-state index in [0.717, 1.165) is 21.4 Å². The molecule has 0 bridgehead atoms. The van der Waals surface area contributed by atoms with Gasteiger partial charge in [-0.1, -0.05) is 29.8 Å². The molecule has 1 heterocycles. The molecule has 2 aromatic rings. The van der Waals surface area contributed by atoms with Gasteiger partial charge in [-0.05, 0) is 48.7 Å². The van der Waals surface area contributed by atoms with Crippen LogP contribution in [-0.2, 0) is 0 Å². The quantitative estimate of drug-likeness (QED) is 0.925. The predicted octanol–water partition coefficient (Wildman–Crippen LogP) is 3.92. The van der Waals surface area contributed by atoms with E-state index in [1.54, 1.807) is 6.07 Å². The number of hydrogen-bond donors (Lipinski definition) is 1. The number of hydrogen-bond acceptors (Lipinski definition) is 3. The van der Waals surface area contributed by atoms with Crippen molar-refractivity contribution in [3.8, 4) is 0 Å². The van der Waals surface area contributed by atoms with Crippen LogP contribution in [0.5, 0.6) is 0 Å². The summed E-state index contributed by atoms with van der Waals surface area (Å²) in [4.78, 5) is 12.1. The summed E-state index contributed by atoms with van der Waals surface area (Å²) >= 11 is 3.43. The summed E-state index contributed by atoms with van der Waals surface area (Å²) in [7, 11) is 0. The van der Waals surface area contributed by atoms with E-state index < -0.39 is 0 Å². The molecule has 0 aliphatic carbocycles. The molecule has 0 spiro atoms. The van der Waals surface area contributed by atoms with Crippen molar-refractivity contribution in [2.75, 3.05) is 5.32 Å². The van der Waals surface area contributed by atoms with Crippen molar-refractivity contribution in [1.82, 2.24) is 10.2 Å². The molecule has 0 saturated carbocycles. The first kappa shape index (κ1) is 14.7. The van der Waals surface area contributed by atoms with E-state index in [1.807, 2.05) is 45.0 Å². The number of nitrogens with zero attached hydrogens (tertiary/aromatic N) is 2. The highest BCUT2D eigenvalue weighted by atomic mass is 79.9. The topological polar surface area (TPSA) is 54.9 Å². The highest BCUT2D eigenvalue weighted by Crippen LogP contribution is 2.20. The Hall–Kier alpha value is -1.75. The fourth-order valence-electron chi connectivity index (χ4n) is 1.69. The lowest BCUT2D eigenvalue weighted by Crippen LogP contribution is -2.15. The van der Waals surface area contributed by atoms with Crippen molar-refractivity contribution >= 4 is 27.5 Å². The molecule has 1 aromatic carbocycles. The van der Waals surface area contributed by atoms with Gasteiger partial charge < -0.3 is 5.32 Å². The van der Waals surface area contributed by atoms with Gasteiger partial charge in [0.05, 0.1) is 5.69 Å². The van der Waals surface area contributed by atoms with E-state index in [2.05, 4.69) is 31.4 Å². The third-order valence-corrected chi connectivity index (χ3v) is 3.81. The second-order valence-corrected chi connectivity index (χ2v) is 5.77. The summed E-state index contributed by atoms with van der Waals surface area (Å²) in [6, 6.07) is 9.17. The number of carbonyl (C=O) groups is 1. The lowest BCUT2D eigenvalue weighted by atomic mass is 10.1. The first-order valence-corrected chi connectivity index (χ1v) is 7.18. The highest BCUT2D eigenvalue weighted by Gasteiger charge is 2.10. The van der Waals surface area contributed by atoms with E-state index in [1.165, 1.54) is 0 Å². The number of anilines is 1. The molecule has 0 atom stereocenters. The van der Waals surface area contributed by atoms with Crippen LogP contribution in [0.1, 0.15) is 41.5 Å². The fraction of sp³-hybridized carbons (Fsp3) is 0.267. The van der Waals surface area contributed by atoms with Gasteiger partial charge >= 0.3 is 0 Å². The Morgan fingerprint density at radius 1 is 1.20 bits per heavy atom. The smallest absolute Gasteiger partial charge is 0.276 e. The predicted molar refractivity (Wildman–Crippen MR) is 83.0 cm³/mol. The van der Waals surface area contributed by atoms with E-state index >= 15 is 0 Å². The second-order valence-electron chi connectivity index (χ2n) is 4.92. The Labute approximate surface area is 126 Å². The van der Waals surface area contributed by atoms with Gasteiger partial charge in [-0.15, -0.1) is 5.10 Å². The Kier molecular flexibility index (Phi) is 4.49. The minimum Gasteiger partial charge on any atom is -0.321 e. The van der Waals surface area contributed by atoms with Crippen molar-refractivity contribution in [2.45, 2.75) is 26.7 Å². The largest absolute Gasteiger partial charge is 0.321 e. The van der Waals surface area contributed by atoms with Crippen molar-refractivity contribution in [3.05, 3.63) is 51.8 Å². The molecule has 20 heavy (non-hydrogen) atoms. The van der Waals surface area contributed by atoms with Crippen LogP contribution in [-0.4, -0.2) is 16.1 Å². The summed E-state index contributed by atoms with van der Waals surface area (Å²) in [6.07, 6.45) is 0. The summed E-state index contributed by atoms with van der Waals surface area (Å²) in [5.41, 5.74) is 2.99. The van der Waals surface area contributed by atoms with Gasteiger partial charge in [-0.2, -0.15) is 5.10 Å². The van der Waals surface area contributed by atoms with Gasteiger partial charge in [-0.3, -0.25) is 4.79 Å². The summed E-state index contributed by atoms with van der Waals surface area (Å²) in [5.74, 6) is 0.0447. The van der Waals surface area contributed by atoms with Crippen LogP contribution in [0.15, 0.2) is 34.8 Å². The maximum atomic E-state index is 12.1. The monoisotopic (exact) mass is 333 g/mol. The number of aryl methyl sites for hydroxylation is 1. The van der Waals surface area contributed by atoms with Crippen LogP contribution in [0, 0.1) is 6.92 Å². The van der Waals surface area contributed by atoms with Crippen LogP contribution in [0.25, 0.3) is 0 Å². The average Bonchev–Trinajstić information content (AvgIpc) is 2.43. The maximum absolute atomic E-state index is 12.1. The van der Waals surface area contributed by atoms with Crippen LogP contribution in [0.3, 0.4) is 0 Å². The molecule has 1 amide bonds. The molecule has 4 nitrogen and oxygen atoms in total. The minimum absolute atomic E-state index is 0.255. The third kappa shape index (κ3) is 3.42. The van der Waals surface area contributed by atoms with E-state index in [-0.39, 0.29) is 5.91 Å². The van der Waals surface area contributed by atoms with Crippen LogP contribution >= 0.6 is 15.9 Å². The molecule has 0 fully saturated rings. The lowest BCUT2D eigenvalue weighted by molar-refractivity contribution is 0.102. The van der Waals surface area contributed by atoms with Gasteiger partial charge in [-0.25, -0.2) is 0 Å². The zero-order valence-electron chi connectivity index (χ0n) is 11.6. The highest BCUT2D eigenvalue weighted by molar-refractivity contribution is 9.10. The standard InChI is InChI=1S/C15H16BrN3O/c1-9(2)13-6-7-14(19-18-13)15(20)17-11-4-5-12(16)10(3)8-11/h4-9H,1-3H3,(H,17,20). The van der Waals surface area contributed by atoms with Crippen molar-refractivity contribution in [3.63, 3.8) is 0 Å². The Bertz CT molecular complexity index is 624. The molecule has 0 radical (unpaired) electrons. The maximum Gasteiger partial charge on any atom is 0.276 e. The average molecular weight is 334 g/mol. The number of benzene rings is 1. The molecule has 1 aromatic heterocycles. The molecule has 0 aliphatic heterocycles. The van der Waals surface area contributed by atoms with Gasteiger partial charge in [0.2, 0.25) is 0 Å². The molecule has 1 N–H and O–H groups in total. The summed E-state index contributed by atoms with van der Waals surface area (Å²) in [5, 5.41) is 10.8. The number of nitrogens with one attached hydrogen (secondary N) is 1. The van der Waals surface area contributed by atoms with Crippen molar-refractivity contribution < 1.29 is 4.79 Å². The molecule has 0 saturated heterocycles. The zero-order chi connectivity index (χ0) is 14.7. The van der Waals surface area contributed by atoms with Gasteiger partial charge in [0.25, 0.3) is 5.91 Å². The number of amides is 1. The second kappa shape index (κ2) is 6.13. The molecule has 0 aliphatic rings.